The van der Waals surface area contributed by atoms with Crippen LogP contribution in [0.15, 0.2) is 24.3 Å². The Morgan fingerprint density at radius 3 is 2.80 bits per heavy atom. The average molecular weight is 296 g/mol. The first kappa shape index (κ1) is 15.3. The van der Waals surface area contributed by atoms with Gasteiger partial charge in [-0.25, -0.2) is 0 Å². The van der Waals surface area contributed by atoms with Crippen LogP contribution in [-0.2, 0) is 9.53 Å². The number of piperidine rings is 1. The molecule has 1 aromatic rings. The highest BCUT2D eigenvalue weighted by Gasteiger charge is 2.29. The molecule has 110 valence electrons. The van der Waals surface area contributed by atoms with E-state index in [1.165, 1.54) is 5.56 Å². The van der Waals surface area contributed by atoms with Crippen molar-refractivity contribution < 1.29 is 9.53 Å². The van der Waals surface area contributed by atoms with Gasteiger partial charge in [0, 0.05) is 17.6 Å². The monoisotopic (exact) mass is 295 g/mol. The fourth-order valence-corrected chi connectivity index (χ4v) is 2.89. The lowest BCUT2D eigenvalue weighted by Gasteiger charge is -2.36. The quantitative estimate of drug-likeness (QED) is 0.794. The van der Waals surface area contributed by atoms with Crippen LogP contribution in [0.5, 0.6) is 0 Å². The van der Waals surface area contributed by atoms with Crippen LogP contribution < -0.4 is 0 Å². The maximum atomic E-state index is 11.9. The molecule has 0 amide bonds. The highest BCUT2D eigenvalue weighted by atomic mass is 35.5. The van der Waals surface area contributed by atoms with E-state index in [1.54, 1.807) is 0 Å². The van der Waals surface area contributed by atoms with Gasteiger partial charge in [0.25, 0.3) is 0 Å². The van der Waals surface area contributed by atoms with Crippen LogP contribution in [0, 0.1) is 5.92 Å². The first-order valence-electron chi connectivity index (χ1n) is 7.28. The molecule has 0 bridgehead atoms. The Bertz CT molecular complexity index is 446. The molecular formula is C16H22ClNO2. The van der Waals surface area contributed by atoms with Gasteiger partial charge in [-0.1, -0.05) is 23.7 Å². The highest BCUT2D eigenvalue weighted by Crippen LogP contribution is 2.27. The molecule has 0 radical (unpaired) electrons. The number of rotatable bonds is 4. The van der Waals surface area contributed by atoms with Crippen LogP contribution in [-0.4, -0.2) is 30.6 Å². The van der Waals surface area contributed by atoms with Gasteiger partial charge in [-0.05, 0) is 50.9 Å². The molecule has 1 aliphatic heterocycles. The van der Waals surface area contributed by atoms with Crippen molar-refractivity contribution in [3.63, 3.8) is 0 Å². The van der Waals surface area contributed by atoms with Crippen molar-refractivity contribution in [1.29, 1.82) is 0 Å². The molecule has 2 unspecified atom stereocenters. The number of carbonyl (C=O) groups excluding carboxylic acids is 1. The molecule has 1 fully saturated rings. The Morgan fingerprint density at radius 2 is 2.15 bits per heavy atom. The van der Waals surface area contributed by atoms with E-state index in [2.05, 4.69) is 24.0 Å². The smallest absolute Gasteiger partial charge is 0.310 e. The van der Waals surface area contributed by atoms with Crippen LogP contribution in [0.3, 0.4) is 0 Å². The predicted octanol–water partition coefficient (Wildman–Crippen LogP) is 3.68. The third kappa shape index (κ3) is 3.74. The van der Waals surface area contributed by atoms with E-state index < -0.39 is 0 Å². The van der Waals surface area contributed by atoms with Crippen molar-refractivity contribution in [3.05, 3.63) is 34.9 Å². The minimum Gasteiger partial charge on any atom is -0.466 e. The fourth-order valence-electron chi connectivity index (χ4n) is 2.76. The van der Waals surface area contributed by atoms with Gasteiger partial charge in [0.05, 0.1) is 12.5 Å². The molecule has 0 N–H and O–H groups in total. The first-order valence-corrected chi connectivity index (χ1v) is 7.65. The van der Waals surface area contributed by atoms with E-state index in [4.69, 9.17) is 16.3 Å². The van der Waals surface area contributed by atoms with Crippen LogP contribution in [0.2, 0.25) is 5.02 Å². The second-order valence-corrected chi connectivity index (χ2v) is 5.75. The van der Waals surface area contributed by atoms with E-state index in [9.17, 15) is 4.79 Å². The maximum Gasteiger partial charge on any atom is 0.310 e. The largest absolute Gasteiger partial charge is 0.466 e. The molecule has 20 heavy (non-hydrogen) atoms. The number of hydrogen-bond donors (Lipinski definition) is 0. The molecule has 0 aliphatic carbocycles. The lowest BCUT2D eigenvalue weighted by molar-refractivity contribution is -0.150. The second-order valence-electron chi connectivity index (χ2n) is 5.31. The van der Waals surface area contributed by atoms with Crippen molar-refractivity contribution >= 4 is 17.6 Å². The van der Waals surface area contributed by atoms with Crippen LogP contribution in [0.1, 0.15) is 38.3 Å². The van der Waals surface area contributed by atoms with Crippen molar-refractivity contribution in [3.8, 4) is 0 Å². The Kier molecular flexibility index (Phi) is 5.44. The van der Waals surface area contributed by atoms with Gasteiger partial charge in [0.15, 0.2) is 0 Å². The van der Waals surface area contributed by atoms with Crippen molar-refractivity contribution in [1.82, 2.24) is 4.90 Å². The zero-order valence-corrected chi connectivity index (χ0v) is 12.9. The van der Waals surface area contributed by atoms with Gasteiger partial charge in [-0.3, -0.25) is 9.69 Å². The van der Waals surface area contributed by atoms with E-state index in [-0.39, 0.29) is 11.9 Å². The van der Waals surface area contributed by atoms with Crippen molar-refractivity contribution in [2.24, 2.45) is 5.92 Å². The standard InChI is InChI=1S/C16H22ClNO2/c1-3-20-16(19)14-5-4-10-18(11-14)12(2)13-6-8-15(17)9-7-13/h6-9,12,14H,3-5,10-11H2,1-2H3. The third-order valence-electron chi connectivity index (χ3n) is 3.97. The lowest BCUT2D eigenvalue weighted by atomic mass is 9.95. The summed E-state index contributed by atoms with van der Waals surface area (Å²) >= 11 is 5.93. The topological polar surface area (TPSA) is 29.5 Å². The van der Waals surface area contributed by atoms with Gasteiger partial charge >= 0.3 is 5.97 Å². The Morgan fingerprint density at radius 1 is 1.45 bits per heavy atom. The summed E-state index contributed by atoms with van der Waals surface area (Å²) in [5.41, 5.74) is 1.24. The highest BCUT2D eigenvalue weighted by molar-refractivity contribution is 6.30. The molecule has 1 aromatic carbocycles. The zero-order valence-electron chi connectivity index (χ0n) is 12.1. The summed E-state index contributed by atoms with van der Waals surface area (Å²) < 4.78 is 5.15. The maximum absolute atomic E-state index is 11.9. The number of ether oxygens (including phenoxy) is 1. The molecular weight excluding hydrogens is 274 g/mol. The van der Waals surface area contributed by atoms with E-state index >= 15 is 0 Å². The zero-order chi connectivity index (χ0) is 14.5. The van der Waals surface area contributed by atoms with Crippen LogP contribution >= 0.6 is 11.6 Å². The number of nitrogens with zero attached hydrogens (tertiary/aromatic N) is 1. The third-order valence-corrected chi connectivity index (χ3v) is 4.22. The van der Waals surface area contributed by atoms with Crippen LogP contribution in [0.25, 0.3) is 0 Å². The number of benzene rings is 1. The number of carbonyl (C=O) groups is 1. The average Bonchev–Trinajstić information content (AvgIpc) is 2.48. The Balaban J connectivity index is 2.01. The van der Waals surface area contributed by atoms with E-state index in [0.717, 1.165) is 31.0 Å². The molecule has 1 saturated heterocycles. The normalized spacial score (nSPS) is 21.4. The lowest BCUT2D eigenvalue weighted by Crippen LogP contribution is -2.40. The molecule has 0 aromatic heterocycles. The summed E-state index contributed by atoms with van der Waals surface area (Å²) in [6, 6.07) is 8.24. The molecule has 2 atom stereocenters. The number of likely N-dealkylation sites (tertiary alicyclic amines) is 1. The minimum absolute atomic E-state index is 0.0125. The SMILES string of the molecule is CCOC(=O)C1CCCN(C(C)c2ccc(Cl)cc2)C1. The van der Waals surface area contributed by atoms with E-state index in [0.29, 0.717) is 12.6 Å². The summed E-state index contributed by atoms with van der Waals surface area (Å²) in [6.45, 7) is 6.30. The minimum atomic E-state index is -0.0551. The molecule has 1 heterocycles. The Hall–Kier alpha value is -1.06. The molecule has 2 rings (SSSR count). The number of esters is 1. The van der Waals surface area contributed by atoms with Gasteiger partial charge in [0.1, 0.15) is 0 Å². The van der Waals surface area contributed by atoms with Gasteiger partial charge in [0.2, 0.25) is 0 Å². The molecule has 0 spiro atoms. The summed E-state index contributed by atoms with van der Waals surface area (Å²) in [4.78, 5) is 14.2. The van der Waals surface area contributed by atoms with Crippen molar-refractivity contribution in [2.45, 2.75) is 32.7 Å². The molecule has 0 saturated carbocycles. The summed E-state index contributed by atoms with van der Waals surface area (Å²) in [6.07, 6.45) is 1.98. The molecule has 4 heteroatoms. The number of halogens is 1. The summed E-state index contributed by atoms with van der Waals surface area (Å²) in [5.74, 6) is -0.0426. The van der Waals surface area contributed by atoms with Crippen molar-refractivity contribution in [2.75, 3.05) is 19.7 Å². The fraction of sp³-hybridized carbons (Fsp3) is 0.562. The van der Waals surface area contributed by atoms with Gasteiger partial charge in [-0.15, -0.1) is 0 Å². The first-order chi connectivity index (χ1) is 9.61. The van der Waals surface area contributed by atoms with Gasteiger partial charge < -0.3 is 4.74 Å². The number of hydrogen-bond acceptors (Lipinski definition) is 3. The summed E-state index contributed by atoms with van der Waals surface area (Å²) in [7, 11) is 0. The molecule has 3 nitrogen and oxygen atoms in total. The molecule has 1 aliphatic rings. The predicted molar refractivity (Wildman–Crippen MR) is 80.8 cm³/mol. The van der Waals surface area contributed by atoms with Gasteiger partial charge in [-0.2, -0.15) is 0 Å². The van der Waals surface area contributed by atoms with Crippen LogP contribution in [0.4, 0.5) is 0 Å². The second kappa shape index (κ2) is 7.09. The summed E-state index contributed by atoms with van der Waals surface area (Å²) in [5, 5.41) is 0.754. The van der Waals surface area contributed by atoms with E-state index in [1.807, 2.05) is 19.1 Å². The Labute approximate surface area is 125 Å².